The van der Waals surface area contributed by atoms with Gasteiger partial charge < -0.3 is 5.11 Å². The van der Waals surface area contributed by atoms with Crippen LogP contribution < -0.4 is 4.72 Å². The molecule has 2 N–H and O–H groups in total. The summed E-state index contributed by atoms with van der Waals surface area (Å²) in [5, 5.41) is 18.1. The molecule has 0 spiro atoms. The Morgan fingerprint density at radius 2 is 2.05 bits per heavy atom. The van der Waals surface area contributed by atoms with Crippen LogP contribution in [-0.4, -0.2) is 26.7 Å². The Labute approximate surface area is 117 Å². The molecule has 19 heavy (non-hydrogen) atoms. The lowest BCUT2D eigenvalue weighted by Gasteiger charge is -2.29. The van der Waals surface area contributed by atoms with Crippen molar-refractivity contribution < 1.29 is 13.5 Å². The highest BCUT2D eigenvalue weighted by atomic mass is 32.2. The molecule has 1 heterocycles. The number of hydrogen-bond donors (Lipinski definition) is 2. The van der Waals surface area contributed by atoms with E-state index in [0.717, 1.165) is 11.3 Å². The van der Waals surface area contributed by atoms with Crippen LogP contribution in [0.4, 0.5) is 0 Å². The predicted octanol–water partition coefficient (Wildman–Crippen LogP) is 1.70. The molecule has 7 heteroatoms. The fourth-order valence-corrected chi connectivity index (χ4v) is 3.93. The fourth-order valence-electron chi connectivity index (χ4n) is 1.62. The number of nitrogens with zero attached hydrogens (tertiary/aromatic N) is 1. The van der Waals surface area contributed by atoms with Gasteiger partial charge in [-0.3, -0.25) is 0 Å². The summed E-state index contributed by atoms with van der Waals surface area (Å²) in [6.07, 6.45) is 1.38. The first-order valence-electron chi connectivity index (χ1n) is 6.03. The van der Waals surface area contributed by atoms with Crippen LogP contribution in [0, 0.1) is 16.7 Å². The summed E-state index contributed by atoms with van der Waals surface area (Å²) >= 11 is 0.939. The van der Waals surface area contributed by atoms with Gasteiger partial charge in [-0.1, -0.05) is 13.8 Å². The van der Waals surface area contributed by atoms with Crippen LogP contribution in [0.3, 0.4) is 0 Å². The van der Waals surface area contributed by atoms with E-state index < -0.39 is 15.4 Å². The number of nitrogens with one attached hydrogen (secondary N) is 1. The molecule has 0 radical (unpaired) electrons. The molecule has 0 unspecified atom stereocenters. The van der Waals surface area contributed by atoms with Gasteiger partial charge in [-0.15, -0.1) is 11.3 Å². The average molecular weight is 302 g/mol. The van der Waals surface area contributed by atoms with Crippen molar-refractivity contribution in [2.75, 3.05) is 13.2 Å². The van der Waals surface area contributed by atoms with E-state index in [-0.39, 0.29) is 17.4 Å². The molecule has 106 valence electrons. The number of aliphatic hydroxyl groups excluding tert-OH is 1. The maximum Gasteiger partial charge on any atom is 0.250 e. The van der Waals surface area contributed by atoms with Gasteiger partial charge >= 0.3 is 0 Å². The van der Waals surface area contributed by atoms with E-state index in [1.165, 1.54) is 12.1 Å². The van der Waals surface area contributed by atoms with Crippen molar-refractivity contribution in [1.82, 2.24) is 4.72 Å². The van der Waals surface area contributed by atoms with Crippen LogP contribution in [0.25, 0.3) is 0 Å². The van der Waals surface area contributed by atoms with Crippen molar-refractivity contribution in [3.05, 3.63) is 17.0 Å². The molecule has 0 aromatic carbocycles. The quantitative estimate of drug-likeness (QED) is 0.802. The zero-order valence-corrected chi connectivity index (χ0v) is 12.6. The third kappa shape index (κ3) is 3.76. The second-order valence-electron chi connectivity index (χ2n) is 4.42. The lowest BCUT2D eigenvalue weighted by Crippen LogP contribution is -2.39. The standard InChI is InChI=1S/C12H18N2O3S2/c1-3-12(4-2,9-15)8-14-19(16,17)11-6-5-10(7-13)18-11/h5-6,14-15H,3-4,8-9H2,1-2H3. The molecule has 1 rings (SSSR count). The number of rotatable bonds is 7. The summed E-state index contributed by atoms with van der Waals surface area (Å²) in [6.45, 7) is 3.98. The van der Waals surface area contributed by atoms with E-state index in [0.29, 0.717) is 17.7 Å². The third-order valence-corrected chi connectivity index (χ3v) is 6.31. The lowest BCUT2D eigenvalue weighted by atomic mass is 9.84. The summed E-state index contributed by atoms with van der Waals surface area (Å²) < 4.78 is 26.8. The molecule has 0 saturated heterocycles. The van der Waals surface area contributed by atoms with E-state index in [2.05, 4.69) is 4.72 Å². The Morgan fingerprint density at radius 1 is 1.42 bits per heavy atom. The summed E-state index contributed by atoms with van der Waals surface area (Å²) in [5.41, 5.74) is -0.428. The Kier molecular flexibility index (Phi) is 5.50. The highest BCUT2D eigenvalue weighted by molar-refractivity contribution is 7.91. The van der Waals surface area contributed by atoms with Crippen LogP contribution >= 0.6 is 11.3 Å². The number of aliphatic hydroxyl groups is 1. The first-order valence-corrected chi connectivity index (χ1v) is 8.33. The Morgan fingerprint density at radius 3 is 2.47 bits per heavy atom. The van der Waals surface area contributed by atoms with Gasteiger partial charge in [0.25, 0.3) is 0 Å². The van der Waals surface area contributed by atoms with Gasteiger partial charge in [-0.05, 0) is 25.0 Å². The van der Waals surface area contributed by atoms with Crippen LogP contribution in [-0.2, 0) is 10.0 Å². The molecule has 0 aliphatic rings. The van der Waals surface area contributed by atoms with Crippen LogP contribution in [0.2, 0.25) is 0 Å². The minimum absolute atomic E-state index is 0.0591. The topological polar surface area (TPSA) is 90.2 Å². The molecule has 0 aliphatic carbocycles. The minimum atomic E-state index is -3.61. The molecule has 0 fully saturated rings. The van der Waals surface area contributed by atoms with Gasteiger partial charge in [-0.25, -0.2) is 13.1 Å². The molecule has 0 atom stereocenters. The number of thiophene rings is 1. The lowest BCUT2D eigenvalue weighted by molar-refractivity contribution is 0.119. The van der Waals surface area contributed by atoms with Crippen molar-refractivity contribution in [3.8, 4) is 6.07 Å². The highest BCUT2D eigenvalue weighted by Crippen LogP contribution is 2.26. The normalized spacial score (nSPS) is 12.3. The van der Waals surface area contributed by atoms with Gasteiger partial charge in [0.05, 0.1) is 0 Å². The Hall–Kier alpha value is -0.940. The zero-order valence-electron chi connectivity index (χ0n) is 11.0. The summed E-state index contributed by atoms with van der Waals surface area (Å²) in [7, 11) is -3.61. The molecule has 0 amide bonds. The van der Waals surface area contributed by atoms with Gasteiger partial charge in [0.1, 0.15) is 15.2 Å². The maximum absolute atomic E-state index is 12.1. The Balaban J connectivity index is 2.84. The number of hydrogen-bond acceptors (Lipinski definition) is 5. The van der Waals surface area contributed by atoms with Crippen molar-refractivity contribution in [2.45, 2.75) is 30.9 Å². The van der Waals surface area contributed by atoms with E-state index in [1.807, 2.05) is 19.9 Å². The summed E-state index contributed by atoms with van der Waals surface area (Å²) in [4.78, 5) is 0.361. The summed E-state index contributed by atoms with van der Waals surface area (Å²) in [6, 6.07) is 4.82. The molecule has 1 aromatic rings. The zero-order chi connectivity index (χ0) is 14.5. The fraction of sp³-hybridized carbons (Fsp3) is 0.583. The first-order chi connectivity index (χ1) is 8.93. The van der Waals surface area contributed by atoms with E-state index in [9.17, 15) is 13.5 Å². The van der Waals surface area contributed by atoms with Crippen LogP contribution in [0.5, 0.6) is 0 Å². The summed E-state index contributed by atoms with van der Waals surface area (Å²) in [5.74, 6) is 0. The smallest absolute Gasteiger partial charge is 0.250 e. The van der Waals surface area contributed by atoms with Crippen LogP contribution in [0.15, 0.2) is 16.3 Å². The number of nitriles is 1. The second kappa shape index (κ2) is 6.48. The van der Waals surface area contributed by atoms with Crippen molar-refractivity contribution >= 4 is 21.4 Å². The van der Waals surface area contributed by atoms with E-state index >= 15 is 0 Å². The molecule has 0 saturated carbocycles. The monoisotopic (exact) mass is 302 g/mol. The third-order valence-electron chi connectivity index (χ3n) is 3.43. The number of sulfonamides is 1. The predicted molar refractivity (Wildman–Crippen MR) is 74.3 cm³/mol. The maximum atomic E-state index is 12.1. The molecular weight excluding hydrogens is 284 g/mol. The minimum Gasteiger partial charge on any atom is -0.396 e. The average Bonchev–Trinajstić information content (AvgIpc) is 2.90. The molecule has 0 aliphatic heterocycles. The highest BCUT2D eigenvalue weighted by Gasteiger charge is 2.28. The largest absolute Gasteiger partial charge is 0.396 e. The van der Waals surface area contributed by atoms with E-state index in [4.69, 9.17) is 5.26 Å². The van der Waals surface area contributed by atoms with Gasteiger partial charge in [0, 0.05) is 18.6 Å². The Bertz CT molecular complexity index is 546. The van der Waals surface area contributed by atoms with Crippen molar-refractivity contribution in [2.24, 2.45) is 5.41 Å². The van der Waals surface area contributed by atoms with Gasteiger partial charge in [0.15, 0.2) is 0 Å². The SMILES string of the molecule is CCC(CC)(CO)CNS(=O)(=O)c1ccc(C#N)s1. The van der Waals surface area contributed by atoms with Crippen molar-refractivity contribution in [1.29, 1.82) is 5.26 Å². The van der Waals surface area contributed by atoms with Gasteiger partial charge in [0.2, 0.25) is 10.0 Å². The van der Waals surface area contributed by atoms with Crippen molar-refractivity contribution in [3.63, 3.8) is 0 Å². The molecular formula is C12H18N2O3S2. The van der Waals surface area contributed by atoms with E-state index in [1.54, 1.807) is 0 Å². The molecule has 1 aromatic heterocycles. The molecule has 5 nitrogen and oxygen atoms in total. The van der Waals surface area contributed by atoms with Crippen LogP contribution in [0.1, 0.15) is 31.6 Å². The first kappa shape index (κ1) is 16.1. The van der Waals surface area contributed by atoms with Gasteiger partial charge in [-0.2, -0.15) is 5.26 Å². The molecule has 0 bridgehead atoms. The second-order valence-corrected chi connectivity index (χ2v) is 7.50.